The molecule has 1 aliphatic carbocycles. The van der Waals surface area contributed by atoms with E-state index in [9.17, 15) is 9.59 Å². The molecule has 1 aliphatic heterocycles. The van der Waals surface area contributed by atoms with Gasteiger partial charge in [0.05, 0.1) is 0 Å². The molecular formula is C16H29N3O2. The Morgan fingerprint density at radius 1 is 1.19 bits per heavy atom. The van der Waals surface area contributed by atoms with Crippen LogP contribution in [-0.2, 0) is 9.59 Å². The average molecular weight is 295 g/mol. The summed E-state index contributed by atoms with van der Waals surface area (Å²) in [5, 5.41) is 3.22. The molecule has 2 fully saturated rings. The van der Waals surface area contributed by atoms with Crippen molar-refractivity contribution in [3.8, 4) is 0 Å². The van der Waals surface area contributed by atoms with Gasteiger partial charge in [0.2, 0.25) is 11.8 Å². The Morgan fingerprint density at radius 3 is 2.57 bits per heavy atom. The van der Waals surface area contributed by atoms with Crippen LogP contribution in [0.1, 0.15) is 44.9 Å². The monoisotopic (exact) mass is 295 g/mol. The van der Waals surface area contributed by atoms with Crippen LogP contribution >= 0.6 is 0 Å². The van der Waals surface area contributed by atoms with Gasteiger partial charge in [0.25, 0.3) is 0 Å². The fourth-order valence-electron chi connectivity index (χ4n) is 3.47. The Morgan fingerprint density at radius 2 is 1.90 bits per heavy atom. The third-order valence-electron chi connectivity index (χ3n) is 4.78. The third kappa shape index (κ3) is 4.43. The molecule has 1 saturated carbocycles. The molecule has 0 bridgehead atoms. The van der Waals surface area contributed by atoms with Crippen LogP contribution in [0.5, 0.6) is 0 Å². The molecule has 0 aromatic rings. The first-order valence-electron chi connectivity index (χ1n) is 8.31. The summed E-state index contributed by atoms with van der Waals surface area (Å²) in [7, 11) is 3.50. The zero-order valence-electron chi connectivity index (χ0n) is 13.4. The number of nitrogens with zero attached hydrogens (tertiary/aromatic N) is 2. The van der Waals surface area contributed by atoms with Gasteiger partial charge in [-0.2, -0.15) is 0 Å². The zero-order chi connectivity index (χ0) is 15.2. The third-order valence-corrected chi connectivity index (χ3v) is 4.78. The Balaban J connectivity index is 1.87. The molecule has 1 saturated heterocycles. The molecule has 1 atom stereocenters. The van der Waals surface area contributed by atoms with Crippen molar-refractivity contribution < 1.29 is 9.59 Å². The molecule has 0 radical (unpaired) electrons. The number of nitrogens with one attached hydrogen (secondary N) is 1. The molecule has 5 nitrogen and oxygen atoms in total. The van der Waals surface area contributed by atoms with E-state index in [0.717, 1.165) is 13.0 Å². The van der Waals surface area contributed by atoms with Gasteiger partial charge in [0.1, 0.15) is 6.04 Å². The molecule has 0 aromatic carbocycles. The van der Waals surface area contributed by atoms with Crippen LogP contribution in [0.4, 0.5) is 0 Å². The van der Waals surface area contributed by atoms with Crippen molar-refractivity contribution in [1.29, 1.82) is 0 Å². The summed E-state index contributed by atoms with van der Waals surface area (Å²) >= 11 is 0. The van der Waals surface area contributed by atoms with Crippen LogP contribution in [0.3, 0.4) is 0 Å². The van der Waals surface area contributed by atoms with Crippen molar-refractivity contribution >= 4 is 11.8 Å². The number of likely N-dealkylation sites (N-methyl/N-ethyl adjacent to an activating group) is 1. The first-order chi connectivity index (χ1) is 10.1. The fraction of sp³-hybridized carbons (Fsp3) is 0.875. The molecule has 5 heteroatoms. The highest BCUT2D eigenvalue weighted by atomic mass is 16.2. The van der Waals surface area contributed by atoms with Crippen LogP contribution in [0.25, 0.3) is 0 Å². The van der Waals surface area contributed by atoms with E-state index in [2.05, 4.69) is 5.32 Å². The number of carbonyl (C=O) groups is 2. The minimum absolute atomic E-state index is 0.0215. The molecule has 2 amide bonds. The molecule has 2 aliphatic rings. The van der Waals surface area contributed by atoms with Gasteiger partial charge in [-0.1, -0.05) is 32.1 Å². The Labute approximate surface area is 128 Å². The lowest BCUT2D eigenvalue weighted by Crippen LogP contribution is -2.59. The van der Waals surface area contributed by atoms with Crippen molar-refractivity contribution in [2.45, 2.75) is 51.0 Å². The number of amides is 2. The first kappa shape index (κ1) is 16.3. The van der Waals surface area contributed by atoms with Crippen LogP contribution in [0.2, 0.25) is 0 Å². The molecule has 2 rings (SSSR count). The van der Waals surface area contributed by atoms with Gasteiger partial charge < -0.3 is 15.1 Å². The first-order valence-corrected chi connectivity index (χ1v) is 8.31. The van der Waals surface area contributed by atoms with Gasteiger partial charge in [0.15, 0.2) is 0 Å². The van der Waals surface area contributed by atoms with Gasteiger partial charge >= 0.3 is 0 Å². The number of carbonyl (C=O) groups excluding carboxylic acids is 2. The van der Waals surface area contributed by atoms with Gasteiger partial charge in [0, 0.05) is 40.2 Å². The van der Waals surface area contributed by atoms with Crippen LogP contribution in [-0.4, -0.2) is 61.4 Å². The van der Waals surface area contributed by atoms with Crippen molar-refractivity contribution in [3.63, 3.8) is 0 Å². The van der Waals surface area contributed by atoms with Gasteiger partial charge in [-0.3, -0.25) is 9.59 Å². The van der Waals surface area contributed by atoms with Gasteiger partial charge in [-0.05, 0) is 12.3 Å². The summed E-state index contributed by atoms with van der Waals surface area (Å²) in [4.78, 5) is 28.1. The minimum Gasteiger partial charge on any atom is -0.347 e. The molecule has 120 valence electrons. The highest BCUT2D eigenvalue weighted by molar-refractivity contribution is 5.88. The van der Waals surface area contributed by atoms with E-state index in [1.165, 1.54) is 32.1 Å². The SMILES string of the molecule is CN(C)C(=O)C1CNCCN1C(=O)CCC1CCCCC1. The molecule has 1 heterocycles. The van der Waals surface area contributed by atoms with Crippen molar-refractivity contribution in [2.75, 3.05) is 33.7 Å². The van der Waals surface area contributed by atoms with Crippen molar-refractivity contribution in [2.24, 2.45) is 5.92 Å². The topological polar surface area (TPSA) is 52.7 Å². The Bertz CT molecular complexity index is 365. The summed E-state index contributed by atoms with van der Waals surface area (Å²) in [5.41, 5.74) is 0. The molecule has 0 spiro atoms. The maximum Gasteiger partial charge on any atom is 0.246 e. The molecule has 0 aromatic heterocycles. The lowest BCUT2D eigenvalue weighted by molar-refractivity contribution is -0.145. The maximum absolute atomic E-state index is 12.5. The average Bonchev–Trinajstić information content (AvgIpc) is 2.52. The van der Waals surface area contributed by atoms with E-state index in [1.54, 1.807) is 23.9 Å². The van der Waals surface area contributed by atoms with Crippen LogP contribution in [0.15, 0.2) is 0 Å². The quantitative estimate of drug-likeness (QED) is 0.849. The highest BCUT2D eigenvalue weighted by Gasteiger charge is 2.32. The largest absolute Gasteiger partial charge is 0.347 e. The number of hydrogen-bond acceptors (Lipinski definition) is 3. The lowest BCUT2D eigenvalue weighted by atomic mass is 9.86. The normalized spacial score (nSPS) is 23.9. The molecule has 1 N–H and O–H groups in total. The summed E-state index contributed by atoms with van der Waals surface area (Å²) in [6.45, 7) is 2.01. The summed E-state index contributed by atoms with van der Waals surface area (Å²) < 4.78 is 0. The van der Waals surface area contributed by atoms with E-state index in [1.807, 2.05) is 0 Å². The molecule has 21 heavy (non-hydrogen) atoms. The minimum atomic E-state index is -0.326. The smallest absolute Gasteiger partial charge is 0.246 e. The summed E-state index contributed by atoms with van der Waals surface area (Å²) in [6, 6.07) is -0.326. The number of rotatable bonds is 4. The standard InChI is InChI=1S/C16H29N3O2/c1-18(2)16(21)14-12-17-10-11-19(14)15(20)9-8-13-6-4-3-5-7-13/h13-14,17H,3-12H2,1-2H3. The maximum atomic E-state index is 12.5. The van der Waals surface area contributed by atoms with Gasteiger partial charge in [-0.15, -0.1) is 0 Å². The second-order valence-electron chi connectivity index (χ2n) is 6.58. The van der Waals surface area contributed by atoms with Crippen LogP contribution in [0, 0.1) is 5.92 Å². The van der Waals surface area contributed by atoms with E-state index in [0.29, 0.717) is 25.4 Å². The lowest BCUT2D eigenvalue weighted by Gasteiger charge is -2.36. The summed E-state index contributed by atoms with van der Waals surface area (Å²) in [5.74, 6) is 0.893. The van der Waals surface area contributed by atoms with E-state index < -0.39 is 0 Å². The fourth-order valence-corrected chi connectivity index (χ4v) is 3.47. The zero-order valence-corrected chi connectivity index (χ0v) is 13.4. The van der Waals surface area contributed by atoms with Crippen molar-refractivity contribution in [1.82, 2.24) is 15.1 Å². The molecule has 1 unspecified atom stereocenters. The second-order valence-corrected chi connectivity index (χ2v) is 6.58. The number of hydrogen-bond donors (Lipinski definition) is 1. The highest BCUT2D eigenvalue weighted by Crippen LogP contribution is 2.27. The van der Waals surface area contributed by atoms with E-state index >= 15 is 0 Å². The van der Waals surface area contributed by atoms with Gasteiger partial charge in [-0.25, -0.2) is 0 Å². The van der Waals surface area contributed by atoms with E-state index in [-0.39, 0.29) is 17.9 Å². The van der Waals surface area contributed by atoms with Crippen molar-refractivity contribution in [3.05, 3.63) is 0 Å². The summed E-state index contributed by atoms with van der Waals surface area (Å²) in [6.07, 6.45) is 8.11. The van der Waals surface area contributed by atoms with E-state index in [4.69, 9.17) is 0 Å². The predicted octanol–water partition coefficient (Wildman–Crippen LogP) is 1.24. The Hall–Kier alpha value is -1.10. The predicted molar refractivity (Wildman–Crippen MR) is 82.9 cm³/mol. The second kappa shape index (κ2) is 7.78. The molecular weight excluding hydrogens is 266 g/mol. The van der Waals surface area contributed by atoms with Crippen LogP contribution < -0.4 is 5.32 Å². The Kier molecular flexibility index (Phi) is 6.03. The number of piperazine rings is 1.